The van der Waals surface area contributed by atoms with Gasteiger partial charge in [-0.1, -0.05) is 31.4 Å². The van der Waals surface area contributed by atoms with Crippen molar-refractivity contribution in [1.29, 1.82) is 0 Å². The van der Waals surface area contributed by atoms with Gasteiger partial charge in [0.25, 0.3) is 5.91 Å². The van der Waals surface area contributed by atoms with Crippen LogP contribution in [0, 0.1) is 5.92 Å². The van der Waals surface area contributed by atoms with Crippen molar-refractivity contribution in [2.24, 2.45) is 21.6 Å². The van der Waals surface area contributed by atoms with Gasteiger partial charge in [-0.15, -0.1) is 0 Å². The molecule has 0 aromatic heterocycles. The summed E-state index contributed by atoms with van der Waals surface area (Å²) in [5.74, 6) is 2.07. The van der Waals surface area contributed by atoms with E-state index in [1.165, 1.54) is 51.4 Å². The number of carbonyl (C=O) groups excluding carboxylic acids is 1. The molecule has 1 aromatic carbocycles. The summed E-state index contributed by atoms with van der Waals surface area (Å²) in [5, 5.41) is 16.7. The normalized spacial score (nSPS) is 21.0. The smallest absolute Gasteiger partial charge is 0.251 e. The second-order valence-corrected chi connectivity index (χ2v) is 10.5. The maximum absolute atomic E-state index is 12.4. The number of hydrogen-bond acceptors (Lipinski definition) is 8. The van der Waals surface area contributed by atoms with Crippen LogP contribution in [0.3, 0.4) is 0 Å². The first kappa shape index (κ1) is 29.3. The molecule has 11 heteroatoms. The monoisotopic (exact) mass is 542 g/mol. The van der Waals surface area contributed by atoms with E-state index in [2.05, 4.69) is 26.6 Å². The third kappa shape index (κ3) is 10.4. The van der Waals surface area contributed by atoms with E-state index in [1.807, 2.05) is 24.3 Å². The first-order valence-electron chi connectivity index (χ1n) is 14.6. The van der Waals surface area contributed by atoms with Gasteiger partial charge in [0.15, 0.2) is 6.29 Å². The minimum absolute atomic E-state index is 0.124. The number of nitrogens with zero attached hydrogens (tertiary/aromatic N) is 2. The predicted molar refractivity (Wildman–Crippen MR) is 153 cm³/mol. The summed E-state index contributed by atoms with van der Waals surface area (Å²) in [4.78, 5) is 22.0. The summed E-state index contributed by atoms with van der Waals surface area (Å²) in [6.45, 7) is 4.35. The summed E-state index contributed by atoms with van der Waals surface area (Å²) < 4.78 is 10.7. The van der Waals surface area contributed by atoms with Gasteiger partial charge in [-0.25, -0.2) is 9.98 Å². The molecule has 1 atom stereocenters. The molecule has 0 bridgehead atoms. The largest absolute Gasteiger partial charge is 0.378 e. The van der Waals surface area contributed by atoms with Gasteiger partial charge in [-0.3, -0.25) is 15.4 Å². The van der Waals surface area contributed by atoms with Gasteiger partial charge >= 0.3 is 0 Å². The fourth-order valence-corrected chi connectivity index (χ4v) is 4.82. The summed E-state index contributed by atoms with van der Waals surface area (Å²) in [7, 11) is 0. The van der Waals surface area contributed by atoms with Crippen LogP contribution in [0.5, 0.6) is 0 Å². The number of carbonyl (C=O) groups is 1. The van der Waals surface area contributed by atoms with Crippen LogP contribution in [-0.4, -0.2) is 76.2 Å². The van der Waals surface area contributed by atoms with Gasteiger partial charge in [0, 0.05) is 31.2 Å². The molecule has 216 valence electrons. The quantitative estimate of drug-likeness (QED) is 0.182. The molecule has 1 aliphatic heterocycles. The van der Waals surface area contributed by atoms with Gasteiger partial charge in [0.05, 0.1) is 33.0 Å². The molecular weight excluding hydrogens is 496 g/mol. The van der Waals surface area contributed by atoms with Crippen molar-refractivity contribution in [1.82, 2.24) is 26.6 Å². The Balaban J connectivity index is 1.22. The second-order valence-electron chi connectivity index (χ2n) is 10.5. The second kappa shape index (κ2) is 16.4. The zero-order valence-corrected chi connectivity index (χ0v) is 23.1. The Kier molecular flexibility index (Phi) is 12.3. The number of hydrogen-bond donors (Lipinski definition) is 6. The first-order chi connectivity index (χ1) is 19.2. The van der Waals surface area contributed by atoms with Crippen molar-refractivity contribution in [3.8, 4) is 0 Å². The van der Waals surface area contributed by atoms with Crippen molar-refractivity contribution >= 4 is 17.8 Å². The zero-order chi connectivity index (χ0) is 27.1. The van der Waals surface area contributed by atoms with Crippen molar-refractivity contribution in [3.63, 3.8) is 0 Å². The lowest BCUT2D eigenvalue weighted by atomic mass is 9.89. The average molecular weight is 543 g/mol. The molecule has 1 heterocycles. The Labute approximate surface area is 232 Å². The van der Waals surface area contributed by atoms with Crippen LogP contribution in [0.25, 0.3) is 0 Å². The van der Waals surface area contributed by atoms with Crippen LogP contribution in [0.2, 0.25) is 0 Å². The van der Waals surface area contributed by atoms with Gasteiger partial charge in [0.1, 0.15) is 0 Å². The Bertz CT molecular complexity index is 929. The molecule has 2 aliphatic carbocycles. The van der Waals surface area contributed by atoms with Gasteiger partial charge < -0.3 is 31.2 Å². The Morgan fingerprint density at radius 2 is 1.77 bits per heavy atom. The van der Waals surface area contributed by atoms with Crippen LogP contribution in [-0.2, 0) is 16.0 Å². The maximum atomic E-state index is 12.4. The highest BCUT2D eigenvalue weighted by molar-refractivity contribution is 6.00. The molecule has 0 radical (unpaired) electrons. The average Bonchev–Trinajstić information content (AvgIpc) is 2.95. The van der Waals surface area contributed by atoms with E-state index in [1.54, 1.807) is 0 Å². The van der Waals surface area contributed by atoms with Crippen LogP contribution in [0.4, 0.5) is 0 Å². The van der Waals surface area contributed by atoms with Gasteiger partial charge in [-0.05, 0) is 55.7 Å². The standard InChI is InChI=1S/C28H46N8O3/c29-13-15-38-17-18-39-16-14-30-25(37)23-11-9-22(10-12-23)20-32-27-34-26(31-19-21-5-2-1-3-6-21)35-28(36-27)33-24-7-4-8-24/h9-12,21,24,26,31H,1-8,13-20,29H2,(H,30,37)(H3,32,33,34,35,36). The molecule has 0 spiro atoms. The van der Waals surface area contributed by atoms with Crippen molar-refractivity contribution < 1.29 is 14.3 Å². The fourth-order valence-electron chi connectivity index (χ4n) is 4.82. The Morgan fingerprint density at radius 1 is 1.00 bits per heavy atom. The molecular formula is C28H46N8O3. The molecule has 1 unspecified atom stereocenters. The Hall–Kier alpha value is -2.73. The fraction of sp³-hybridized carbons (Fsp3) is 0.679. The summed E-state index contributed by atoms with van der Waals surface area (Å²) in [6, 6.07) is 8.01. The van der Waals surface area contributed by atoms with E-state index in [4.69, 9.17) is 25.2 Å². The number of guanidine groups is 2. The minimum Gasteiger partial charge on any atom is -0.378 e. The van der Waals surface area contributed by atoms with Crippen molar-refractivity contribution in [2.75, 3.05) is 46.1 Å². The lowest BCUT2D eigenvalue weighted by Crippen LogP contribution is -2.61. The molecule has 11 nitrogen and oxygen atoms in total. The molecule has 1 amide bonds. The molecule has 2 saturated carbocycles. The van der Waals surface area contributed by atoms with E-state index in [9.17, 15) is 4.79 Å². The first-order valence-corrected chi connectivity index (χ1v) is 14.6. The van der Waals surface area contributed by atoms with Crippen LogP contribution in [0.1, 0.15) is 67.3 Å². The molecule has 1 aromatic rings. The number of ether oxygens (including phenoxy) is 2. The van der Waals surface area contributed by atoms with E-state index in [-0.39, 0.29) is 12.2 Å². The topological polar surface area (TPSA) is 146 Å². The van der Waals surface area contributed by atoms with Crippen LogP contribution < -0.4 is 32.3 Å². The van der Waals surface area contributed by atoms with E-state index in [0.29, 0.717) is 63.6 Å². The number of amides is 1. The van der Waals surface area contributed by atoms with Crippen molar-refractivity contribution in [2.45, 2.75) is 70.2 Å². The summed E-state index contributed by atoms with van der Waals surface area (Å²) >= 11 is 0. The lowest BCUT2D eigenvalue weighted by molar-refractivity contribution is 0.0511. The lowest BCUT2D eigenvalue weighted by Gasteiger charge is -2.33. The summed E-state index contributed by atoms with van der Waals surface area (Å²) in [6.07, 6.45) is 10.0. The third-order valence-corrected chi connectivity index (χ3v) is 7.34. The van der Waals surface area contributed by atoms with E-state index >= 15 is 0 Å². The molecule has 0 saturated heterocycles. The maximum Gasteiger partial charge on any atom is 0.251 e. The zero-order valence-electron chi connectivity index (χ0n) is 23.1. The molecule has 7 N–H and O–H groups in total. The number of benzene rings is 1. The van der Waals surface area contributed by atoms with E-state index < -0.39 is 0 Å². The van der Waals surface area contributed by atoms with Crippen molar-refractivity contribution in [3.05, 3.63) is 35.4 Å². The third-order valence-electron chi connectivity index (χ3n) is 7.34. The SMILES string of the molecule is NCCOCCOCCNC(=O)c1ccc(CN=C2NC(NC3CCC3)=NC(NCC3CCCCC3)N2)cc1. The molecule has 2 fully saturated rings. The van der Waals surface area contributed by atoms with E-state index in [0.717, 1.165) is 24.0 Å². The highest BCUT2D eigenvalue weighted by Crippen LogP contribution is 2.23. The number of aliphatic imine (C=N–C) groups is 2. The minimum atomic E-state index is -0.206. The van der Waals surface area contributed by atoms with Crippen LogP contribution in [0.15, 0.2) is 34.3 Å². The number of rotatable bonds is 15. The highest BCUT2D eigenvalue weighted by atomic mass is 16.5. The molecule has 4 rings (SSSR count). The molecule has 39 heavy (non-hydrogen) atoms. The predicted octanol–water partition coefficient (Wildman–Crippen LogP) is 1.41. The van der Waals surface area contributed by atoms with Crippen LogP contribution >= 0.6 is 0 Å². The molecule has 3 aliphatic rings. The van der Waals surface area contributed by atoms with Gasteiger partial charge in [0.2, 0.25) is 11.9 Å². The summed E-state index contributed by atoms with van der Waals surface area (Å²) in [5.41, 5.74) is 7.00. The van der Waals surface area contributed by atoms with Gasteiger partial charge in [-0.2, -0.15) is 0 Å². The number of nitrogens with two attached hydrogens (primary N) is 1. The Morgan fingerprint density at radius 3 is 2.49 bits per heavy atom. The highest BCUT2D eigenvalue weighted by Gasteiger charge is 2.24. The number of nitrogens with one attached hydrogen (secondary N) is 5.